The van der Waals surface area contributed by atoms with E-state index in [9.17, 15) is 0 Å². The van der Waals surface area contributed by atoms with Crippen molar-refractivity contribution < 1.29 is 0 Å². The molecule has 0 spiro atoms. The Bertz CT molecular complexity index is 465. The molecule has 17 heavy (non-hydrogen) atoms. The minimum absolute atomic E-state index is 0.277. The molecule has 2 heteroatoms. The summed E-state index contributed by atoms with van der Waals surface area (Å²) in [6, 6.07) is 8.73. The lowest BCUT2D eigenvalue weighted by molar-refractivity contribution is 0.604. The maximum absolute atomic E-state index is 4.04. The first-order chi connectivity index (χ1) is 8.05. The molecule has 0 aliphatic heterocycles. The van der Waals surface area contributed by atoms with Gasteiger partial charge in [-0.05, 0) is 48.1 Å². The SMILES string of the molecule is CC(C)(C)c1ccc(CCc2ccncc2)s1. The zero-order chi connectivity index (χ0) is 12.3. The fourth-order valence-corrected chi connectivity index (χ4v) is 2.80. The molecule has 2 aromatic rings. The molecule has 0 radical (unpaired) electrons. The topological polar surface area (TPSA) is 12.9 Å². The van der Waals surface area contributed by atoms with Gasteiger partial charge in [-0.2, -0.15) is 0 Å². The number of thiophene rings is 1. The Kier molecular flexibility index (Phi) is 3.63. The van der Waals surface area contributed by atoms with E-state index in [1.54, 1.807) is 0 Å². The highest BCUT2D eigenvalue weighted by Gasteiger charge is 2.15. The lowest BCUT2D eigenvalue weighted by Gasteiger charge is -2.15. The van der Waals surface area contributed by atoms with Gasteiger partial charge in [0.2, 0.25) is 0 Å². The van der Waals surface area contributed by atoms with Crippen molar-refractivity contribution >= 4 is 11.3 Å². The van der Waals surface area contributed by atoms with E-state index < -0.39 is 0 Å². The summed E-state index contributed by atoms with van der Waals surface area (Å²) in [7, 11) is 0. The smallest absolute Gasteiger partial charge is 0.0270 e. The van der Waals surface area contributed by atoms with Crippen LogP contribution < -0.4 is 0 Å². The van der Waals surface area contributed by atoms with Crippen LogP contribution in [0.3, 0.4) is 0 Å². The molecule has 0 N–H and O–H groups in total. The van der Waals surface area contributed by atoms with Crippen LogP contribution in [0.4, 0.5) is 0 Å². The molecule has 0 atom stereocenters. The number of rotatable bonds is 3. The van der Waals surface area contributed by atoms with Crippen molar-refractivity contribution in [2.45, 2.75) is 39.0 Å². The zero-order valence-electron chi connectivity index (χ0n) is 10.7. The Hall–Kier alpha value is -1.15. The van der Waals surface area contributed by atoms with E-state index in [4.69, 9.17) is 0 Å². The van der Waals surface area contributed by atoms with E-state index in [0.717, 1.165) is 12.8 Å². The second kappa shape index (κ2) is 5.01. The van der Waals surface area contributed by atoms with Crippen LogP contribution in [0.2, 0.25) is 0 Å². The molecule has 2 rings (SSSR count). The van der Waals surface area contributed by atoms with Crippen LogP contribution in [0.1, 0.15) is 36.1 Å². The van der Waals surface area contributed by atoms with Crippen LogP contribution in [0.25, 0.3) is 0 Å². The van der Waals surface area contributed by atoms with E-state index in [1.165, 1.54) is 15.3 Å². The van der Waals surface area contributed by atoms with E-state index in [1.807, 2.05) is 23.7 Å². The second-order valence-corrected chi connectivity index (χ2v) is 6.54. The monoisotopic (exact) mass is 245 g/mol. The van der Waals surface area contributed by atoms with Gasteiger partial charge in [-0.15, -0.1) is 11.3 Å². The second-order valence-electron chi connectivity index (χ2n) is 5.37. The van der Waals surface area contributed by atoms with Crippen LogP contribution in [-0.2, 0) is 18.3 Å². The van der Waals surface area contributed by atoms with Crippen molar-refractivity contribution in [3.05, 3.63) is 52.0 Å². The van der Waals surface area contributed by atoms with Crippen molar-refractivity contribution in [2.24, 2.45) is 0 Å². The van der Waals surface area contributed by atoms with Crippen LogP contribution >= 0.6 is 11.3 Å². The molecular formula is C15H19NS. The highest BCUT2D eigenvalue weighted by Crippen LogP contribution is 2.29. The molecular weight excluding hydrogens is 226 g/mol. The number of pyridine rings is 1. The largest absolute Gasteiger partial charge is 0.265 e. The normalized spacial score (nSPS) is 11.7. The van der Waals surface area contributed by atoms with Crippen LogP contribution in [0.5, 0.6) is 0 Å². The van der Waals surface area contributed by atoms with Gasteiger partial charge < -0.3 is 0 Å². The summed E-state index contributed by atoms with van der Waals surface area (Å²) < 4.78 is 0. The first-order valence-electron chi connectivity index (χ1n) is 6.04. The van der Waals surface area contributed by atoms with Gasteiger partial charge in [0, 0.05) is 22.1 Å². The van der Waals surface area contributed by atoms with E-state index in [2.05, 4.69) is 50.0 Å². The third-order valence-electron chi connectivity index (χ3n) is 2.81. The Morgan fingerprint density at radius 1 is 1.00 bits per heavy atom. The Balaban J connectivity index is 1.99. The van der Waals surface area contributed by atoms with Crippen LogP contribution in [0, 0.1) is 0 Å². The van der Waals surface area contributed by atoms with Crippen LogP contribution in [0.15, 0.2) is 36.7 Å². The predicted octanol–water partition coefficient (Wildman–Crippen LogP) is 4.23. The fourth-order valence-electron chi connectivity index (χ4n) is 1.73. The summed E-state index contributed by atoms with van der Waals surface area (Å²) in [4.78, 5) is 6.99. The van der Waals surface area contributed by atoms with Crippen LogP contribution in [-0.4, -0.2) is 4.98 Å². The average molecular weight is 245 g/mol. The maximum atomic E-state index is 4.04. The summed E-state index contributed by atoms with van der Waals surface area (Å²) in [5.74, 6) is 0. The molecule has 0 bridgehead atoms. The minimum atomic E-state index is 0.277. The van der Waals surface area contributed by atoms with Crippen molar-refractivity contribution in [3.8, 4) is 0 Å². The number of aromatic nitrogens is 1. The van der Waals surface area contributed by atoms with E-state index in [0.29, 0.717) is 0 Å². The summed E-state index contributed by atoms with van der Waals surface area (Å²) in [6.07, 6.45) is 5.96. The summed E-state index contributed by atoms with van der Waals surface area (Å²) in [5.41, 5.74) is 1.64. The molecule has 0 saturated carbocycles. The molecule has 0 aliphatic rings. The third-order valence-corrected chi connectivity index (χ3v) is 4.38. The summed E-state index contributed by atoms with van der Waals surface area (Å²) in [5, 5.41) is 0. The molecule has 2 aromatic heterocycles. The van der Waals surface area contributed by atoms with Crippen molar-refractivity contribution in [3.63, 3.8) is 0 Å². The zero-order valence-corrected chi connectivity index (χ0v) is 11.6. The third kappa shape index (κ3) is 3.40. The Labute approximate surface area is 108 Å². The Morgan fingerprint density at radius 2 is 1.71 bits per heavy atom. The van der Waals surface area contributed by atoms with Crippen molar-refractivity contribution in [1.82, 2.24) is 4.98 Å². The first-order valence-corrected chi connectivity index (χ1v) is 6.85. The van der Waals surface area contributed by atoms with Gasteiger partial charge in [-0.3, -0.25) is 4.98 Å². The van der Waals surface area contributed by atoms with Crippen molar-refractivity contribution in [2.75, 3.05) is 0 Å². The molecule has 90 valence electrons. The molecule has 0 aliphatic carbocycles. The fraction of sp³-hybridized carbons (Fsp3) is 0.400. The number of hydrogen-bond donors (Lipinski definition) is 0. The van der Waals surface area contributed by atoms with Crippen molar-refractivity contribution in [1.29, 1.82) is 0 Å². The minimum Gasteiger partial charge on any atom is -0.265 e. The summed E-state index contributed by atoms with van der Waals surface area (Å²) >= 11 is 1.94. The van der Waals surface area contributed by atoms with Gasteiger partial charge in [0.05, 0.1) is 0 Å². The molecule has 2 heterocycles. The first kappa shape index (κ1) is 12.3. The van der Waals surface area contributed by atoms with Gasteiger partial charge in [-0.1, -0.05) is 20.8 Å². The maximum Gasteiger partial charge on any atom is 0.0270 e. The lowest BCUT2D eigenvalue weighted by Crippen LogP contribution is -2.07. The number of hydrogen-bond acceptors (Lipinski definition) is 2. The average Bonchev–Trinajstić information content (AvgIpc) is 2.76. The highest BCUT2D eigenvalue weighted by atomic mass is 32.1. The lowest BCUT2D eigenvalue weighted by atomic mass is 9.95. The van der Waals surface area contributed by atoms with E-state index in [-0.39, 0.29) is 5.41 Å². The van der Waals surface area contributed by atoms with Gasteiger partial charge in [0.15, 0.2) is 0 Å². The molecule has 1 nitrogen and oxygen atoms in total. The molecule has 0 amide bonds. The van der Waals surface area contributed by atoms with Gasteiger partial charge >= 0.3 is 0 Å². The molecule has 0 saturated heterocycles. The predicted molar refractivity (Wildman–Crippen MR) is 74.7 cm³/mol. The molecule has 0 unspecified atom stereocenters. The standard InChI is InChI=1S/C15H19NS/c1-15(2,3)14-7-6-13(17-14)5-4-12-8-10-16-11-9-12/h6-11H,4-5H2,1-3H3. The van der Waals surface area contributed by atoms with Gasteiger partial charge in [-0.25, -0.2) is 0 Å². The molecule has 0 fully saturated rings. The Morgan fingerprint density at radius 3 is 2.29 bits per heavy atom. The highest BCUT2D eigenvalue weighted by molar-refractivity contribution is 7.12. The van der Waals surface area contributed by atoms with Gasteiger partial charge in [0.1, 0.15) is 0 Å². The number of aryl methyl sites for hydroxylation is 2. The van der Waals surface area contributed by atoms with E-state index >= 15 is 0 Å². The van der Waals surface area contributed by atoms with Gasteiger partial charge in [0.25, 0.3) is 0 Å². The quantitative estimate of drug-likeness (QED) is 0.788. The molecule has 0 aromatic carbocycles. The number of nitrogens with zero attached hydrogens (tertiary/aromatic N) is 1. The summed E-state index contributed by atoms with van der Waals surface area (Å²) in [6.45, 7) is 6.81.